The fraction of sp³-hybridized carbons (Fsp3) is 0.375. The zero-order chi connectivity index (χ0) is 27.7. The van der Waals surface area contributed by atoms with Crippen LogP contribution in [0.2, 0.25) is 0 Å². The summed E-state index contributed by atoms with van der Waals surface area (Å²) in [4.78, 5) is 22.8. The van der Waals surface area contributed by atoms with Crippen LogP contribution in [0.3, 0.4) is 0 Å². The summed E-state index contributed by atoms with van der Waals surface area (Å²) in [5.41, 5.74) is 5.18. The van der Waals surface area contributed by atoms with Crippen molar-refractivity contribution in [2.24, 2.45) is 5.92 Å². The average molecular weight is 517 g/mol. The van der Waals surface area contributed by atoms with E-state index in [2.05, 4.69) is 81.7 Å². The highest BCUT2D eigenvalue weighted by Gasteiger charge is 2.18. The molecule has 3 aromatic carbocycles. The van der Waals surface area contributed by atoms with Crippen LogP contribution >= 0.6 is 0 Å². The van der Waals surface area contributed by atoms with E-state index in [1.54, 1.807) is 12.1 Å². The minimum absolute atomic E-state index is 0.0832. The lowest BCUT2D eigenvalue weighted by molar-refractivity contribution is -0.136. The number of carboxylic acid groups (broad SMARTS) is 1. The molecule has 0 radical (unpaired) electrons. The van der Waals surface area contributed by atoms with E-state index in [4.69, 9.17) is 9.84 Å². The predicted molar refractivity (Wildman–Crippen MR) is 154 cm³/mol. The molecule has 0 saturated heterocycles. The second kappa shape index (κ2) is 13.1. The van der Waals surface area contributed by atoms with Crippen molar-refractivity contribution in [3.8, 4) is 16.9 Å². The van der Waals surface area contributed by atoms with Gasteiger partial charge in [-0.1, -0.05) is 77.4 Å². The lowest BCUT2D eigenvalue weighted by Crippen LogP contribution is -2.33. The largest absolute Gasteiger partial charge is 0.491 e. The lowest BCUT2D eigenvalue weighted by atomic mass is 9.86. The number of anilines is 1. The van der Waals surface area contributed by atoms with Crippen LogP contribution in [-0.4, -0.2) is 36.2 Å². The number of benzene rings is 3. The van der Waals surface area contributed by atoms with Crippen molar-refractivity contribution in [3.05, 3.63) is 83.9 Å². The first-order valence-electron chi connectivity index (χ1n) is 13.3. The molecular formula is C32H40N2O4. The molecule has 0 aromatic heterocycles. The first kappa shape index (κ1) is 28.8. The SMILES string of the molecule is CC[C@H](C)[C@@H](COc1ccc(-c2ccc(C(C)(C)C)cc2)cc1)Nc1ccc(C(=O)NCCC(=O)O)cc1. The third-order valence-corrected chi connectivity index (χ3v) is 6.82. The van der Waals surface area contributed by atoms with E-state index in [1.165, 1.54) is 11.1 Å². The molecule has 3 rings (SSSR count). The lowest BCUT2D eigenvalue weighted by Gasteiger charge is -2.25. The maximum atomic E-state index is 12.2. The van der Waals surface area contributed by atoms with Gasteiger partial charge in [-0.05, 0) is 64.4 Å². The monoisotopic (exact) mass is 516 g/mol. The number of nitrogens with one attached hydrogen (secondary N) is 2. The van der Waals surface area contributed by atoms with Gasteiger partial charge in [-0.3, -0.25) is 9.59 Å². The number of carbonyl (C=O) groups excluding carboxylic acids is 1. The van der Waals surface area contributed by atoms with Gasteiger partial charge in [0, 0.05) is 17.8 Å². The van der Waals surface area contributed by atoms with Gasteiger partial charge in [-0.2, -0.15) is 0 Å². The maximum absolute atomic E-state index is 12.2. The van der Waals surface area contributed by atoms with Crippen LogP contribution in [0.4, 0.5) is 5.69 Å². The molecule has 1 amide bonds. The number of amides is 1. The second-order valence-corrected chi connectivity index (χ2v) is 10.8. The summed E-state index contributed by atoms with van der Waals surface area (Å²) in [5.74, 6) is -0.0312. The highest BCUT2D eigenvalue weighted by molar-refractivity contribution is 5.94. The van der Waals surface area contributed by atoms with Crippen LogP contribution in [0.1, 0.15) is 63.4 Å². The van der Waals surface area contributed by atoms with Gasteiger partial charge < -0.3 is 20.5 Å². The summed E-state index contributed by atoms with van der Waals surface area (Å²) in [7, 11) is 0. The molecule has 0 aliphatic carbocycles. The fourth-order valence-corrected chi connectivity index (χ4v) is 4.04. The van der Waals surface area contributed by atoms with E-state index in [0.717, 1.165) is 23.4 Å². The Kier molecular flexibility index (Phi) is 9.94. The predicted octanol–water partition coefficient (Wildman–Crippen LogP) is 6.76. The molecule has 202 valence electrons. The number of carbonyl (C=O) groups is 2. The summed E-state index contributed by atoms with van der Waals surface area (Å²) in [5, 5.41) is 14.9. The fourth-order valence-electron chi connectivity index (χ4n) is 4.04. The zero-order valence-corrected chi connectivity index (χ0v) is 23.1. The van der Waals surface area contributed by atoms with E-state index in [1.807, 2.05) is 24.3 Å². The van der Waals surface area contributed by atoms with Crippen molar-refractivity contribution in [2.75, 3.05) is 18.5 Å². The van der Waals surface area contributed by atoms with E-state index in [9.17, 15) is 9.59 Å². The van der Waals surface area contributed by atoms with Crippen LogP contribution < -0.4 is 15.4 Å². The summed E-state index contributed by atoms with van der Waals surface area (Å²) in [6.07, 6.45) is 0.893. The minimum atomic E-state index is -0.940. The van der Waals surface area contributed by atoms with Crippen LogP contribution in [0, 0.1) is 5.92 Å². The molecule has 0 spiro atoms. The van der Waals surface area contributed by atoms with Crippen molar-refractivity contribution in [2.45, 2.75) is 58.9 Å². The van der Waals surface area contributed by atoms with Gasteiger partial charge in [0.25, 0.3) is 5.91 Å². The summed E-state index contributed by atoms with van der Waals surface area (Å²) in [6.45, 7) is 11.6. The quantitative estimate of drug-likeness (QED) is 0.247. The molecule has 0 fully saturated rings. The molecule has 2 atom stereocenters. The van der Waals surface area contributed by atoms with Gasteiger partial charge in [0.05, 0.1) is 12.5 Å². The van der Waals surface area contributed by atoms with Crippen molar-refractivity contribution in [3.63, 3.8) is 0 Å². The Morgan fingerprint density at radius 1 is 0.895 bits per heavy atom. The number of carboxylic acids is 1. The molecule has 6 heteroatoms. The number of rotatable bonds is 12. The standard InChI is InChI=1S/C32H40N2O4/c1-6-22(2)29(34-27-15-9-25(10-16-27)31(37)33-20-19-30(35)36)21-38-28-17-11-24(12-18-28)23-7-13-26(14-8-23)32(3,4)5/h7-18,22,29,34H,6,19-21H2,1-5H3,(H,33,37)(H,35,36)/t22-,29+/m0/s1. The Balaban J connectivity index is 1.58. The second-order valence-electron chi connectivity index (χ2n) is 10.8. The molecule has 0 aliphatic heterocycles. The normalized spacial score (nSPS) is 12.9. The van der Waals surface area contributed by atoms with E-state index in [-0.39, 0.29) is 30.3 Å². The number of ether oxygens (including phenoxy) is 1. The molecule has 3 aromatic rings. The maximum Gasteiger partial charge on any atom is 0.305 e. The molecule has 3 N–H and O–H groups in total. The molecule has 0 bridgehead atoms. The van der Waals surface area contributed by atoms with Gasteiger partial charge >= 0.3 is 5.97 Å². The van der Waals surface area contributed by atoms with Gasteiger partial charge in [0.1, 0.15) is 12.4 Å². The molecular weight excluding hydrogens is 476 g/mol. The van der Waals surface area contributed by atoms with Gasteiger partial charge in [-0.25, -0.2) is 0 Å². The van der Waals surface area contributed by atoms with Crippen molar-refractivity contribution < 1.29 is 19.4 Å². The van der Waals surface area contributed by atoms with Gasteiger partial charge in [-0.15, -0.1) is 0 Å². The highest BCUT2D eigenvalue weighted by atomic mass is 16.5. The van der Waals surface area contributed by atoms with Crippen LogP contribution in [0.15, 0.2) is 72.8 Å². The van der Waals surface area contributed by atoms with Crippen LogP contribution in [-0.2, 0) is 10.2 Å². The molecule has 0 aliphatic rings. The number of hydrogen-bond acceptors (Lipinski definition) is 4. The Morgan fingerprint density at radius 3 is 2.00 bits per heavy atom. The summed E-state index contributed by atoms with van der Waals surface area (Å²) >= 11 is 0. The third-order valence-electron chi connectivity index (χ3n) is 6.82. The van der Waals surface area contributed by atoms with E-state index < -0.39 is 5.97 Å². The van der Waals surface area contributed by atoms with E-state index in [0.29, 0.717) is 18.1 Å². The number of hydrogen-bond donors (Lipinski definition) is 3. The highest BCUT2D eigenvalue weighted by Crippen LogP contribution is 2.27. The molecule has 0 unspecified atom stereocenters. The van der Waals surface area contributed by atoms with Crippen molar-refractivity contribution in [1.29, 1.82) is 0 Å². The minimum Gasteiger partial charge on any atom is -0.491 e. The Bertz CT molecular complexity index is 1180. The number of aliphatic carboxylic acids is 1. The topological polar surface area (TPSA) is 87.7 Å². The molecule has 38 heavy (non-hydrogen) atoms. The molecule has 0 saturated carbocycles. The molecule has 6 nitrogen and oxygen atoms in total. The van der Waals surface area contributed by atoms with Gasteiger partial charge in [0.15, 0.2) is 0 Å². The Hall–Kier alpha value is -3.80. The Morgan fingerprint density at radius 2 is 1.47 bits per heavy atom. The van der Waals surface area contributed by atoms with Crippen LogP contribution in [0.25, 0.3) is 11.1 Å². The van der Waals surface area contributed by atoms with Gasteiger partial charge in [0.2, 0.25) is 0 Å². The smallest absolute Gasteiger partial charge is 0.305 e. The van der Waals surface area contributed by atoms with Crippen LogP contribution in [0.5, 0.6) is 5.75 Å². The Labute approximate surface area is 226 Å². The summed E-state index contributed by atoms with van der Waals surface area (Å²) < 4.78 is 6.17. The average Bonchev–Trinajstić information content (AvgIpc) is 2.90. The molecule has 0 heterocycles. The summed E-state index contributed by atoms with van der Waals surface area (Å²) in [6, 6.07) is 24.2. The third kappa shape index (κ3) is 8.37. The first-order valence-corrected chi connectivity index (χ1v) is 13.3. The van der Waals surface area contributed by atoms with E-state index >= 15 is 0 Å². The van der Waals surface area contributed by atoms with Crippen molar-refractivity contribution in [1.82, 2.24) is 5.32 Å². The van der Waals surface area contributed by atoms with Crippen molar-refractivity contribution >= 4 is 17.6 Å². The first-order chi connectivity index (χ1) is 18.1. The zero-order valence-electron chi connectivity index (χ0n) is 23.1.